The Balaban J connectivity index is 2.22. The van der Waals surface area contributed by atoms with Crippen LogP contribution >= 0.6 is 0 Å². The highest BCUT2D eigenvalue weighted by atomic mass is 16.5. The zero-order chi connectivity index (χ0) is 18.7. The summed E-state index contributed by atoms with van der Waals surface area (Å²) in [6.07, 6.45) is 0. The van der Waals surface area contributed by atoms with Crippen LogP contribution in [0.15, 0.2) is 33.9 Å². The van der Waals surface area contributed by atoms with Gasteiger partial charge in [0, 0.05) is 20.6 Å². The van der Waals surface area contributed by atoms with Crippen molar-refractivity contribution in [1.82, 2.24) is 14.0 Å². The average Bonchev–Trinajstić information content (AvgIpc) is 2.58. The molecule has 2 rings (SSSR count). The Labute approximate surface area is 145 Å². The summed E-state index contributed by atoms with van der Waals surface area (Å²) in [6.45, 7) is 0.490. The smallest absolute Gasteiger partial charge is 0.332 e. The van der Waals surface area contributed by atoms with Gasteiger partial charge in [0.05, 0.1) is 13.7 Å². The Kier molecular flexibility index (Phi) is 5.43. The van der Waals surface area contributed by atoms with Gasteiger partial charge in [-0.3, -0.25) is 23.6 Å². The first-order valence-electron chi connectivity index (χ1n) is 7.66. The summed E-state index contributed by atoms with van der Waals surface area (Å²) in [5.74, 6) is 0.181. The maximum atomic E-state index is 12.6. The molecule has 0 spiro atoms. The van der Waals surface area contributed by atoms with Crippen LogP contribution in [0.5, 0.6) is 5.75 Å². The first-order valence-corrected chi connectivity index (χ1v) is 7.66. The van der Waals surface area contributed by atoms with E-state index in [0.717, 1.165) is 20.4 Å². The van der Waals surface area contributed by atoms with Crippen molar-refractivity contribution in [3.63, 3.8) is 0 Å². The van der Waals surface area contributed by atoms with Crippen LogP contribution in [0.25, 0.3) is 0 Å². The normalized spacial score (nSPS) is 10.9. The number of methoxy groups -OCH3 is 1. The number of hydrogen-bond donors (Lipinski definition) is 1. The highest BCUT2D eigenvalue weighted by molar-refractivity contribution is 6.01. The molecule has 2 N–H and O–H groups in total. The first kappa shape index (κ1) is 18.5. The lowest BCUT2D eigenvalue weighted by Gasteiger charge is -2.17. The summed E-state index contributed by atoms with van der Waals surface area (Å²) in [4.78, 5) is 38.4. The number of Topliss-reactive ketones (excluding diaryl/α,β-unsaturated/α-hetero) is 1. The number of anilines is 1. The second-order valence-electron chi connectivity index (χ2n) is 5.91. The number of ketones is 1. The third kappa shape index (κ3) is 3.80. The van der Waals surface area contributed by atoms with Crippen molar-refractivity contribution in [3.05, 3.63) is 56.2 Å². The third-order valence-electron chi connectivity index (χ3n) is 3.99. The van der Waals surface area contributed by atoms with Gasteiger partial charge in [0.2, 0.25) is 0 Å². The van der Waals surface area contributed by atoms with Gasteiger partial charge >= 0.3 is 5.69 Å². The van der Waals surface area contributed by atoms with Crippen molar-refractivity contribution in [2.24, 2.45) is 14.1 Å². The highest BCUT2D eigenvalue weighted by Gasteiger charge is 2.21. The zero-order valence-electron chi connectivity index (χ0n) is 14.8. The van der Waals surface area contributed by atoms with E-state index in [2.05, 4.69) is 0 Å². The first-order chi connectivity index (χ1) is 11.8. The monoisotopic (exact) mass is 346 g/mol. The van der Waals surface area contributed by atoms with E-state index in [-0.39, 0.29) is 17.9 Å². The van der Waals surface area contributed by atoms with Gasteiger partial charge in [-0.1, -0.05) is 12.1 Å². The van der Waals surface area contributed by atoms with Crippen LogP contribution in [0.1, 0.15) is 15.9 Å². The van der Waals surface area contributed by atoms with Gasteiger partial charge in [-0.25, -0.2) is 4.79 Å². The summed E-state index contributed by atoms with van der Waals surface area (Å²) >= 11 is 0. The van der Waals surface area contributed by atoms with Crippen LogP contribution in [0.4, 0.5) is 5.82 Å². The number of carbonyl (C=O) groups excluding carboxylic acids is 1. The van der Waals surface area contributed by atoms with Gasteiger partial charge in [0.25, 0.3) is 5.56 Å². The number of aromatic nitrogens is 2. The summed E-state index contributed by atoms with van der Waals surface area (Å²) in [7, 11) is 6.10. The van der Waals surface area contributed by atoms with Crippen LogP contribution in [-0.4, -0.2) is 40.5 Å². The lowest BCUT2D eigenvalue weighted by atomic mass is 10.1. The fraction of sp³-hybridized carbons (Fsp3) is 0.353. The SMILES string of the molecule is COc1cccc(CN(C)CC(=O)c2c(N)n(C)c(=O)n(C)c2=O)c1. The topological polar surface area (TPSA) is 99.6 Å². The number of rotatable bonds is 6. The maximum absolute atomic E-state index is 12.6. The van der Waals surface area contributed by atoms with E-state index in [1.165, 1.54) is 14.1 Å². The van der Waals surface area contributed by atoms with Gasteiger partial charge in [0.15, 0.2) is 5.78 Å². The fourth-order valence-corrected chi connectivity index (χ4v) is 2.58. The van der Waals surface area contributed by atoms with Gasteiger partial charge in [-0.05, 0) is 24.7 Å². The second kappa shape index (κ2) is 7.35. The van der Waals surface area contributed by atoms with Crippen LogP contribution in [0, 0.1) is 0 Å². The van der Waals surface area contributed by atoms with Crippen molar-refractivity contribution < 1.29 is 9.53 Å². The minimum atomic E-state index is -0.680. The Morgan fingerprint density at radius 1 is 1.24 bits per heavy atom. The summed E-state index contributed by atoms with van der Waals surface area (Å²) < 4.78 is 7.15. The van der Waals surface area contributed by atoms with Gasteiger partial charge in [0.1, 0.15) is 17.1 Å². The molecule has 0 amide bonds. The molecule has 0 aliphatic carbocycles. The molecule has 1 heterocycles. The number of carbonyl (C=O) groups is 1. The van der Waals surface area contributed by atoms with E-state index in [1.807, 2.05) is 24.3 Å². The number of nitrogens with two attached hydrogens (primary N) is 1. The Hall–Kier alpha value is -2.87. The van der Waals surface area contributed by atoms with Crippen molar-refractivity contribution >= 4 is 11.6 Å². The Bertz CT molecular complexity index is 914. The van der Waals surface area contributed by atoms with Crippen LogP contribution in [0.3, 0.4) is 0 Å². The number of likely N-dealkylation sites (N-methyl/N-ethyl adjacent to an activating group) is 1. The molecular formula is C17H22N4O4. The standard InChI is InChI=1S/C17H22N4O4/c1-19(9-11-6-5-7-12(8-11)25-4)10-13(22)14-15(18)20(2)17(24)21(3)16(14)23/h5-8H,9-10,18H2,1-4H3. The van der Waals surface area contributed by atoms with E-state index >= 15 is 0 Å². The minimum Gasteiger partial charge on any atom is -0.497 e. The van der Waals surface area contributed by atoms with Crippen molar-refractivity contribution in [3.8, 4) is 5.75 Å². The third-order valence-corrected chi connectivity index (χ3v) is 3.99. The number of ether oxygens (including phenoxy) is 1. The molecular weight excluding hydrogens is 324 g/mol. The molecule has 1 aromatic heterocycles. The van der Waals surface area contributed by atoms with E-state index in [4.69, 9.17) is 10.5 Å². The molecule has 0 aliphatic heterocycles. The van der Waals surface area contributed by atoms with Crippen molar-refractivity contribution in [2.45, 2.75) is 6.54 Å². The predicted octanol–water partition coefficient (Wildman–Crippen LogP) is -0.0105. The van der Waals surface area contributed by atoms with E-state index in [9.17, 15) is 14.4 Å². The quantitative estimate of drug-likeness (QED) is 0.739. The second-order valence-corrected chi connectivity index (χ2v) is 5.91. The van der Waals surface area contributed by atoms with Crippen LogP contribution < -0.4 is 21.7 Å². The minimum absolute atomic E-state index is 0.00511. The molecule has 25 heavy (non-hydrogen) atoms. The van der Waals surface area contributed by atoms with Gasteiger partial charge in [-0.15, -0.1) is 0 Å². The molecule has 0 unspecified atom stereocenters. The fourth-order valence-electron chi connectivity index (χ4n) is 2.58. The van der Waals surface area contributed by atoms with Crippen LogP contribution in [-0.2, 0) is 20.6 Å². The molecule has 0 radical (unpaired) electrons. The number of benzene rings is 1. The molecule has 0 saturated carbocycles. The lowest BCUT2D eigenvalue weighted by molar-refractivity contribution is 0.0941. The summed E-state index contributed by atoms with van der Waals surface area (Å²) in [6, 6.07) is 7.50. The Morgan fingerprint density at radius 2 is 1.92 bits per heavy atom. The van der Waals surface area contributed by atoms with Crippen LogP contribution in [0.2, 0.25) is 0 Å². The summed E-state index contributed by atoms with van der Waals surface area (Å²) in [5.41, 5.74) is 5.37. The van der Waals surface area contributed by atoms with Gasteiger partial charge < -0.3 is 10.5 Å². The van der Waals surface area contributed by atoms with E-state index in [0.29, 0.717) is 6.54 Å². The average molecular weight is 346 g/mol. The largest absolute Gasteiger partial charge is 0.497 e. The molecule has 8 nitrogen and oxygen atoms in total. The molecule has 0 bridgehead atoms. The molecule has 0 saturated heterocycles. The zero-order valence-corrected chi connectivity index (χ0v) is 14.8. The molecule has 2 aromatic rings. The number of nitrogens with zero attached hydrogens (tertiary/aromatic N) is 3. The molecule has 0 atom stereocenters. The highest BCUT2D eigenvalue weighted by Crippen LogP contribution is 2.14. The molecule has 8 heteroatoms. The molecule has 1 aromatic carbocycles. The molecule has 134 valence electrons. The van der Waals surface area contributed by atoms with Crippen molar-refractivity contribution in [2.75, 3.05) is 26.4 Å². The predicted molar refractivity (Wildman–Crippen MR) is 95.0 cm³/mol. The number of hydrogen-bond acceptors (Lipinski definition) is 6. The molecule has 0 fully saturated rings. The molecule has 0 aliphatic rings. The van der Waals surface area contributed by atoms with Crippen molar-refractivity contribution in [1.29, 1.82) is 0 Å². The van der Waals surface area contributed by atoms with E-state index in [1.54, 1.807) is 19.1 Å². The Morgan fingerprint density at radius 3 is 2.56 bits per heavy atom. The van der Waals surface area contributed by atoms with E-state index < -0.39 is 17.0 Å². The summed E-state index contributed by atoms with van der Waals surface area (Å²) in [5, 5.41) is 0. The number of nitrogen functional groups attached to an aromatic ring is 1. The maximum Gasteiger partial charge on any atom is 0.332 e. The lowest BCUT2D eigenvalue weighted by Crippen LogP contribution is -2.43. The van der Waals surface area contributed by atoms with Gasteiger partial charge in [-0.2, -0.15) is 0 Å².